The fourth-order valence-corrected chi connectivity index (χ4v) is 3.87. The molecule has 0 amide bonds. The molecule has 4 rings (SSSR count). The van der Waals surface area contributed by atoms with E-state index in [0.29, 0.717) is 5.02 Å². The largest absolute Gasteiger partial charge is 0.312 e. The highest BCUT2D eigenvalue weighted by Gasteiger charge is 2.21. The second-order valence-corrected chi connectivity index (χ2v) is 7.27. The van der Waals surface area contributed by atoms with Crippen LogP contribution in [0.1, 0.15) is 11.1 Å². The number of nitrogens with zero attached hydrogens (tertiary/aromatic N) is 3. The number of quaternary nitrogens is 1. The fraction of sp³-hybridized carbons (Fsp3) is 0.263. The minimum atomic E-state index is 0.692. The van der Waals surface area contributed by atoms with Crippen molar-refractivity contribution in [2.75, 3.05) is 6.54 Å². The van der Waals surface area contributed by atoms with Gasteiger partial charge in [0, 0.05) is 24.6 Å². The van der Waals surface area contributed by atoms with E-state index in [1.54, 1.807) is 0 Å². The van der Waals surface area contributed by atoms with Gasteiger partial charge in [-0.15, -0.1) is 5.10 Å². The molecule has 25 heavy (non-hydrogen) atoms. The van der Waals surface area contributed by atoms with Crippen LogP contribution in [0.5, 0.6) is 0 Å². The van der Waals surface area contributed by atoms with Crippen molar-refractivity contribution < 1.29 is 4.90 Å². The summed E-state index contributed by atoms with van der Waals surface area (Å²) in [6, 6.07) is 16.4. The molecule has 0 aliphatic carbocycles. The summed E-state index contributed by atoms with van der Waals surface area (Å²) in [7, 11) is 1.95. The molecule has 1 aliphatic rings. The summed E-state index contributed by atoms with van der Waals surface area (Å²) in [5.74, 6) is 0.812. The zero-order valence-electron chi connectivity index (χ0n) is 14.1. The quantitative estimate of drug-likeness (QED) is 0.717. The van der Waals surface area contributed by atoms with Crippen LogP contribution in [0.4, 0.5) is 0 Å². The number of fused-ring (bicyclic) bond motifs is 1. The van der Waals surface area contributed by atoms with E-state index in [0.717, 1.165) is 42.3 Å². The van der Waals surface area contributed by atoms with Crippen molar-refractivity contribution in [2.24, 2.45) is 7.05 Å². The molecular formula is C19H20ClN4S+. The lowest BCUT2D eigenvalue weighted by molar-refractivity contribution is -0.939. The van der Waals surface area contributed by atoms with Gasteiger partial charge in [0.25, 0.3) is 0 Å². The fourth-order valence-electron chi connectivity index (χ4n) is 3.46. The molecule has 4 nitrogen and oxygen atoms in total. The van der Waals surface area contributed by atoms with Gasteiger partial charge in [0.2, 0.25) is 4.77 Å². The molecule has 0 spiro atoms. The molecule has 0 saturated carbocycles. The van der Waals surface area contributed by atoms with Gasteiger partial charge in [-0.3, -0.25) is 0 Å². The SMILES string of the molecule is Cn1c(-c2ccccc2Cl)nn(C[NH+]2CCc3ccccc3C2)c1=S. The molecule has 1 N–H and O–H groups in total. The molecule has 2 aromatic carbocycles. The first-order chi connectivity index (χ1) is 12.1. The van der Waals surface area contributed by atoms with Crippen molar-refractivity contribution in [3.63, 3.8) is 0 Å². The molecular weight excluding hydrogens is 352 g/mol. The van der Waals surface area contributed by atoms with Crippen molar-refractivity contribution in [1.29, 1.82) is 0 Å². The van der Waals surface area contributed by atoms with E-state index in [9.17, 15) is 0 Å². The van der Waals surface area contributed by atoms with Crippen molar-refractivity contribution >= 4 is 23.8 Å². The maximum absolute atomic E-state index is 6.34. The smallest absolute Gasteiger partial charge is 0.202 e. The van der Waals surface area contributed by atoms with E-state index in [-0.39, 0.29) is 0 Å². The Bertz CT molecular complexity index is 976. The first-order valence-electron chi connectivity index (χ1n) is 8.42. The molecule has 0 radical (unpaired) electrons. The van der Waals surface area contributed by atoms with Gasteiger partial charge in [0.05, 0.1) is 11.6 Å². The van der Waals surface area contributed by atoms with Gasteiger partial charge in [0.1, 0.15) is 6.54 Å². The van der Waals surface area contributed by atoms with Gasteiger partial charge in [-0.05, 0) is 29.9 Å². The number of halogens is 1. The van der Waals surface area contributed by atoms with E-state index in [4.69, 9.17) is 28.9 Å². The topological polar surface area (TPSA) is 27.2 Å². The van der Waals surface area contributed by atoms with Crippen LogP contribution in [0.25, 0.3) is 11.4 Å². The number of nitrogens with one attached hydrogen (secondary N) is 1. The van der Waals surface area contributed by atoms with E-state index >= 15 is 0 Å². The third kappa shape index (κ3) is 3.15. The maximum atomic E-state index is 6.34. The molecule has 1 unspecified atom stereocenters. The maximum Gasteiger partial charge on any atom is 0.202 e. The minimum absolute atomic E-state index is 0.692. The standard InChI is InChI=1S/C19H19ClN4S/c1-22-18(16-8-4-5-9-17(16)20)21-24(19(22)25)13-23-11-10-14-6-2-3-7-15(14)12-23/h2-9H,10-13H2,1H3/p+1. The third-order valence-corrected chi connectivity index (χ3v) is 5.65. The normalized spacial score (nSPS) is 16.6. The highest BCUT2D eigenvalue weighted by atomic mass is 35.5. The van der Waals surface area contributed by atoms with E-state index in [1.807, 2.05) is 40.6 Å². The lowest BCUT2D eigenvalue weighted by atomic mass is 10.0. The first-order valence-corrected chi connectivity index (χ1v) is 9.21. The van der Waals surface area contributed by atoms with Crippen molar-refractivity contribution in [2.45, 2.75) is 19.6 Å². The molecule has 3 aromatic rings. The second kappa shape index (κ2) is 6.75. The molecule has 2 heterocycles. The Hall–Kier alpha value is -1.95. The lowest BCUT2D eigenvalue weighted by Crippen LogP contribution is -3.11. The molecule has 1 aromatic heterocycles. The van der Waals surface area contributed by atoms with Crippen LogP contribution >= 0.6 is 23.8 Å². The number of benzene rings is 2. The zero-order valence-corrected chi connectivity index (χ0v) is 15.6. The number of hydrogen-bond acceptors (Lipinski definition) is 2. The van der Waals surface area contributed by atoms with Crippen molar-refractivity contribution in [3.05, 3.63) is 69.5 Å². The summed E-state index contributed by atoms with van der Waals surface area (Å²) in [5.41, 5.74) is 3.81. The Morgan fingerprint density at radius 3 is 2.64 bits per heavy atom. The van der Waals surface area contributed by atoms with Crippen LogP contribution in [-0.4, -0.2) is 20.9 Å². The molecule has 1 aliphatic heterocycles. The van der Waals surface area contributed by atoms with Gasteiger partial charge in [0.15, 0.2) is 12.5 Å². The highest BCUT2D eigenvalue weighted by Crippen LogP contribution is 2.25. The van der Waals surface area contributed by atoms with E-state index in [2.05, 4.69) is 24.3 Å². The first kappa shape index (κ1) is 16.5. The number of hydrogen-bond donors (Lipinski definition) is 1. The molecule has 6 heteroatoms. The van der Waals surface area contributed by atoms with Gasteiger partial charge >= 0.3 is 0 Å². The van der Waals surface area contributed by atoms with Gasteiger partial charge in [-0.1, -0.05) is 48.0 Å². The monoisotopic (exact) mass is 371 g/mol. The van der Waals surface area contributed by atoms with Gasteiger partial charge in [-0.25, -0.2) is 0 Å². The van der Waals surface area contributed by atoms with Crippen LogP contribution < -0.4 is 4.90 Å². The van der Waals surface area contributed by atoms with Crippen molar-refractivity contribution in [1.82, 2.24) is 14.3 Å². The van der Waals surface area contributed by atoms with Gasteiger partial charge < -0.3 is 9.47 Å². The van der Waals surface area contributed by atoms with Crippen LogP contribution in [0, 0.1) is 4.77 Å². The summed E-state index contributed by atoms with van der Waals surface area (Å²) >= 11 is 11.9. The average Bonchev–Trinajstić information content (AvgIpc) is 2.90. The average molecular weight is 372 g/mol. The summed E-state index contributed by atoms with van der Waals surface area (Å²) in [4.78, 5) is 1.47. The highest BCUT2D eigenvalue weighted by molar-refractivity contribution is 7.71. The number of rotatable bonds is 3. The van der Waals surface area contributed by atoms with Crippen LogP contribution in [-0.2, 0) is 26.7 Å². The van der Waals surface area contributed by atoms with E-state index < -0.39 is 0 Å². The zero-order chi connectivity index (χ0) is 17.4. The summed E-state index contributed by atoms with van der Waals surface area (Å²) in [6.45, 7) is 2.87. The van der Waals surface area contributed by atoms with Crippen molar-refractivity contribution in [3.8, 4) is 11.4 Å². The molecule has 0 fully saturated rings. The van der Waals surface area contributed by atoms with Crippen LogP contribution in [0.3, 0.4) is 0 Å². The Balaban J connectivity index is 1.62. The Kier molecular flexibility index (Phi) is 4.46. The van der Waals surface area contributed by atoms with Gasteiger partial charge in [-0.2, -0.15) is 4.68 Å². The predicted molar refractivity (Wildman–Crippen MR) is 102 cm³/mol. The summed E-state index contributed by atoms with van der Waals surface area (Å²) < 4.78 is 4.59. The molecule has 1 atom stereocenters. The predicted octanol–water partition coefficient (Wildman–Crippen LogP) is 2.87. The third-order valence-electron chi connectivity index (χ3n) is 4.84. The molecule has 0 bridgehead atoms. The Morgan fingerprint density at radius 2 is 1.84 bits per heavy atom. The Morgan fingerprint density at radius 1 is 1.12 bits per heavy atom. The van der Waals surface area contributed by atoms with Crippen LogP contribution in [0.15, 0.2) is 48.5 Å². The Labute approximate surface area is 157 Å². The summed E-state index contributed by atoms with van der Waals surface area (Å²) in [6.07, 6.45) is 1.10. The summed E-state index contributed by atoms with van der Waals surface area (Å²) in [5, 5.41) is 5.45. The lowest BCUT2D eigenvalue weighted by Gasteiger charge is -2.25. The van der Waals surface area contributed by atoms with E-state index in [1.165, 1.54) is 16.0 Å². The number of aromatic nitrogens is 3. The van der Waals surface area contributed by atoms with Crippen LogP contribution in [0.2, 0.25) is 5.02 Å². The molecule has 0 saturated heterocycles. The molecule has 128 valence electrons. The minimum Gasteiger partial charge on any atom is -0.312 e. The second-order valence-electron chi connectivity index (χ2n) is 6.50.